The molecule has 2 heteroatoms. The average Bonchev–Trinajstić information content (AvgIpc) is 2.76. The van der Waals surface area contributed by atoms with Crippen molar-refractivity contribution in [3.05, 3.63) is 0 Å². The Bertz CT molecular complexity index is 266. The molecule has 2 N–H and O–H groups in total. The van der Waals surface area contributed by atoms with E-state index in [1.807, 2.05) is 0 Å². The Morgan fingerprint density at radius 2 is 1.56 bits per heavy atom. The van der Waals surface area contributed by atoms with Gasteiger partial charge in [-0.3, -0.25) is 4.90 Å². The minimum absolute atomic E-state index is 0.784. The van der Waals surface area contributed by atoms with Crippen LogP contribution in [0, 0.1) is 11.8 Å². The van der Waals surface area contributed by atoms with E-state index in [0.717, 1.165) is 30.5 Å². The summed E-state index contributed by atoms with van der Waals surface area (Å²) in [6.45, 7) is 2.28. The molecule has 104 valence electrons. The Morgan fingerprint density at radius 1 is 0.778 bits per heavy atom. The fourth-order valence-electron chi connectivity index (χ4n) is 4.98. The Hall–Kier alpha value is -0.0800. The van der Waals surface area contributed by atoms with Gasteiger partial charge in [0.15, 0.2) is 0 Å². The van der Waals surface area contributed by atoms with Gasteiger partial charge < -0.3 is 5.73 Å². The van der Waals surface area contributed by atoms with Crippen LogP contribution in [-0.4, -0.2) is 30.1 Å². The molecule has 0 aromatic rings. The number of fused-ring (bicyclic) bond motifs is 1. The Labute approximate surface area is 112 Å². The Balaban J connectivity index is 1.73. The summed E-state index contributed by atoms with van der Waals surface area (Å²) in [4.78, 5) is 2.92. The number of likely N-dealkylation sites (tertiary alicyclic amines) is 1. The molecule has 2 aliphatic carbocycles. The van der Waals surface area contributed by atoms with Crippen LogP contribution in [0.1, 0.15) is 64.2 Å². The summed E-state index contributed by atoms with van der Waals surface area (Å²) in [7, 11) is 0. The van der Waals surface area contributed by atoms with Crippen LogP contribution in [0.5, 0.6) is 0 Å². The summed E-state index contributed by atoms with van der Waals surface area (Å²) in [6.07, 6.45) is 14.5. The van der Waals surface area contributed by atoms with Crippen molar-refractivity contribution in [1.82, 2.24) is 4.90 Å². The fraction of sp³-hybridized carbons (Fsp3) is 1.00. The lowest BCUT2D eigenvalue weighted by molar-refractivity contribution is 0.0371. The quantitative estimate of drug-likeness (QED) is 0.763. The molecule has 1 saturated heterocycles. The third-order valence-corrected chi connectivity index (χ3v) is 5.88. The predicted octanol–water partition coefficient (Wildman–Crippen LogP) is 3.16. The van der Waals surface area contributed by atoms with Gasteiger partial charge in [0.1, 0.15) is 0 Å². The first-order valence-corrected chi connectivity index (χ1v) is 8.36. The minimum atomic E-state index is 0.784. The van der Waals surface area contributed by atoms with Gasteiger partial charge in [-0.15, -0.1) is 0 Å². The van der Waals surface area contributed by atoms with E-state index in [9.17, 15) is 0 Å². The number of piperidine rings is 1. The van der Waals surface area contributed by atoms with Gasteiger partial charge in [-0.1, -0.05) is 25.7 Å². The number of hydrogen-bond donors (Lipinski definition) is 1. The van der Waals surface area contributed by atoms with Crippen LogP contribution < -0.4 is 5.73 Å². The maximum absolute atomic E-state index is 6.08. The highest BCUT2D eigenvalue weighted by atomic mass is 15.2. The Morgan fingerprint density at radius 3 is 2.44 bits per heavy atom. The van der Waals surface area contributed by atoms with E-state index in [1.54, 1.807) is 0 Å². The Kier molecular flexibility index (Phi) is 4.25. The summed E-state index contributed by atoms with van der Waals surface area (Å²) < 4.78 is 0. The van der Waals surface area contributed by atoms with E-state index in [1.165, 1.54) is 70.8 Å². The molecule has 0 spiro atoms. The number of nitrogens with two attached hydrogens (primary N) is 1. The van der Waals surface area contributed by atoms with Crippen LogP contribution >= 0.6 is 0 Å². The van der Waals surface area contributed by atoms with Crippen molar-refractivity contribution in [2.24, 2.45) is 17.6 Å². The van der Waals surface area contributed by atoms with Crippen molar-refractivity contribution in [3.63, 3.8) is 0 Å². The van der Waals surface area contributed by atoms with Crippen molar-refractivity contribution in [1.29, 1.82) is 0 Å². The highest BCUT2D eigenvalue weighted by molar-refractivity contribution is 4.94. The van der Waals surface area contributed by atoms with Gasteiger partial charge in [-0.05, 0) is 63.5 Å². The smallest absolute Gasteiger partial charge is 0.0139 e. The third-order valence-electron chi connectivity index (χ3n) is 5.88. The summed E-state index contributed by atoms with van der Waals surface area (Å²) in [5.41, 5.74) is 6.08. The summed E-state index contributed by atoms with van der Waals surface area (Å²) in [5.74, 6) is 1.81. The molecule has 3 fully saturated rings. The molecule has 0 aromatic carbocycles. The SMILES string of the molecule is NCC1CCCCCC1N1CCCC2CCCC21. The van der Waals surface area contributed by atoms with Gasteiger partial charge in [0.05, 0.1) is 0 Å². The van der Waals surface area contributed by atoms with Gasteiger partial charge >= 0.3 is 0 Å². The second kappa shape index (κ2) is 5.92. The highest BCUT2D eigenvalue weighted by Crippen LogP contribution is 2.40. The molecule has 18 heavy (non-hydrogen) atoms. The first kappa shape index (κ1) is 12.9. The molecule has 0 aromatic heterocycles. The molecular weight excluding hydrogens is 220 g/mol. The van der Waals surface area contributed by atoms with E-state index >= 15 is 0 Å². The van der Waals surface area contributed by atoms with Gasteiger partial charge in [0, 0.05) is 12.1 Å². The van der Waals surface area contributed by atoms with Crippen molar-refractivity contribution in [2.75, 3.05) is 13.1 Å². The third kappa shape index (κ3) is 2.46. The fourth-order valence-corrected chi connectivity index (χ4v) is 4.98. The minimum Gasteiger partial charge on any atom is -0.330 e. The maximum atomic E-state index is 6.08. The van der Waals surface area contributed by atoms with Crippen molar-refractivity contribution in [3.8, 4) is 0 Å². The average molecular weight is 250 g/mol. The molecule has 4 unspecified atom stereocenters. The van der Waals surface area contributed by atoms with E-state index < -0.39 is 0 Å². The second-order valence-corrected chi connectivity index (χ2v) is 6.84. The zero-order chi connectivity index (χ0) is 12.4. The van der Waals surface area contributed by atoms with Crippen LogP contribution in [0.4, 0.5) is 0 Å². The standard InChI is InChI=1S/C16H30N2/c17-12-14-6-2-1-3-9-16(14)18-11-5-8-13-7-4-10-15(13)18/h13-16H,1-12,17H2. The van der Waals surface area contributed by atoms with Crippen LogP contribution in [0.15, 0.2) is 0 Å². The lowest BCUT2D eigenvalue weighted by Gasteiger charge is -2.45. The summed E-state index contributed by atoms with van der Waals surface area (Å²) in [6, 6.07) is 1.75. The molecule has 2 nitrogen and oxygen atoms in total. The first-order chi connectivity index (χ1) is 8.90. The zero-order valence-electron chi connectivity index (χ0n) is 11.8. The summed E-state index contributed by atoms with van der Waals surface area (Å²) in [5, 5.41) is 0. The van der Waals surface area contributed by atoms with Crippen LogP contribution in [0.25, 0.3) is 0 Å². The molecule has 2 saturated carbocycles. The maximum Gasteiger partial charge on any atom is 0.0139 e. The molecule has 4 atom stereocenters. The topological polar surface area (TPSA) is 29.3 Å². The van der Waals surface area contributed by atoms with Crippen molar-refractivity contribution >= 4 is 0 Å². The molecule has 0 radical (unpaired) electrons. The molecule has 0 bridgehead atoms. The van der Waals surface area contributed by atoms with Crippen molar-refractivity contribution in [2.45, 2.75) is 76.3 Å². The lowest BCUT2D eigenvalue weighted by Crippen LogP contribution is -2.52. The first-order valence-electron chi connectivity index (χ1n) is 8.36. The van der Waals surface area contributed by atoms with Crippen molar-refractivity contribution < 1.29 is 0 Å². The zero-order valence-corrected chi connectivity index (χ0v) is 11.8. The van der Waals surface area contributed by atoms with Gasteiger partial charge in [0.2, 0.25) is 0 Å². The largest absolute Gasteiger partial charge is 0.330 e. The van der Waals surface area contributed by atoms with Gasteiger partial charge in [-0.2, -0.15) is 0 Å². The lowest BCUT2D eigenvalue weighted by atomic mass is 9.86. The summed E-state index contributed by atoms with van der Waals surface area (Å²) >= 11 is 0. The van der Waals surface area contributed by atoms with Gasteiger partial charge in [0.25, 0.3) is 0 Å². The van der Waals surface area contributed by atoms with E-state index in [4.69, 9.17) is 5.73 Å². The second-order valence-electron chi connectivity index (χ2n) is 6.84. The molecule has 1 heterocycles. The number of hydrogen-bond acceptors (Lipinski definition) is 2. The number of nitrogens with zero attached hydrogens (tertiary/aromatic N) is 1. The van der Waals surface area contributed by atoms with E-state index in [2.05, 4.69) is 4.90 Å². The van der Waals surface area contributed by atoms with Crippen LogP contribution in [-0.2, 0) is 0 Å². The van der Waals surface area contributed by atoms with Crippen LogP contribution in [0.2, 0.25) is 0 Å². The molecular formula is C16H30N2. The molecule has 1 aliphatic heterocycles. The predicted molar refractivity (Wildman–Crippen MR) is 76.5 cm³/mol. The van der Waals surface area contributed by atoms with Gasteiger partial charge in [-0.25, -0.2) is 0 Å². The number of rotatable bonds is 2. The molecule has 3 aliphatic rings. The van der Waals surface area contributed by atoms with E-state index in [0.29, 0.717) is 0 Å². The van der Waals surface area contributed by atoms with E-state index in [-0.39, 0.29) is 0 Å². The monoisotopic (exact) mass is 250 g/mol. The normalized spacial score (nSPS) is 42.5. The molecule has 0 amide bonds. The van der Waals surface area contributed by atoms with Crippen LogP contribution in [0.3, 0.4) is 0 Å². The highest BCUT2D eigenvalue weighted by Gasteiger charge is 2.40. The molecule has 3 rings (SSSR count).